The molecule has 5 nitrogen and oxygen atoms in total. The maximum atomic E-state index is 11.0. The van der Waals surface area contributed by atoms with Crippen LogP contribution in [0.4, 0.5) is 0 Å². The van der Waals surface area contributed by atoms with Crippen LogP contribution in [0, 0.1) is 0 Å². The summed E-state index contributed by atoms with van der Waals surface area (Å²) in [6.45, 7) is 2.04. The molecule has 70 valence electrons. The Morgan fingerprint density at radius 1 is 1.50 bits per heavy atom. The molecule has 0 bridgehead atoms. The van der Waals surface area contributed by atoms with E-state index in [4.69, 9.17) is 5.73 Å². The van der Waals surface area contributed by atoms with Gasteiger partial charge >= 0.3 is 0 Å². The van der Waals surface area contributed by atoms with Crippen molar-refractivity contribution < 1.29 is 9.59 Å². The van der Waals surface area contributed by atoms with E-state index in [1.807, 2.05) is 0 Å². The molecular formula is C7H15N3O2. The maximum absolute atomic E-state index is 11.0. The zero-order valence-corrected chi connectivity index (χ0v) is 7.39. The molecule has 1 atom stereocenters. The molecule has 0 rings (SSSR count). The van der Waals surface area contributed by atoms with Crippen LogP contribution in [0.15, 0.2) is 0 Å². The largest absolute Gasteiger partial charge is 0.370 e. The van der Waals surface area contributed by atoms with Crippen molar-refractivity contribution in [1.29, 1.82) is 0 Å². The molecule has 0 aliphatic rings. The van der Waals surface area contributed by atoms with Crippen LogP contribution in [-0.4, -0.2) is 31.4 Å². The van der Waals surface area contributed by atoms with Gasteiger partial charge in [-0.05, 0) is 14.0 Å². The summed E-state index contributed by atoms with van der Waals surface area (Å²) in [5.41, 5.74) is 4.88. The van der Waals surface area contributed by atoms with Crippen LogP contribution in [-0.2, 0) is 9.59 Å². The molecule has 0 fully saturated rings. The molecule has 0 heterocycles. The first-order valence-corrected chi connectivity index (χ1v) is 3.81. The molecule has 0 spiro atoms. The monoisotopic (exact) mass is 173 g/mol. The van der Waals surface area contributed by atoms with Gasteiger partial charge in [-0.2, -0.15) is 0 Å². The van der Waals surface area contributed by atoms with Crippen LogP contribution < -0.4 is 16.4 Å². The normalized spacial score (nSPS) is 12.2. The number of primary amides is 1. The van der Waals surface area contributed by atoms with Gasteiger partial charge in [0.1, 0.15) is 0 Å². The Bertz CT molecular complexity index is 170. The standard InChI is InChI=1S/C7H15N3O2/c1-5(9-2)7(12)10-4-3-6(8)11/h5,9H,3-4H2,1-2H3,(H2,8,11)(H,10,12). The second-order valence-corrected chi connectivity index (χ2v) is 2.52. The van der Waals surface area contributed by atoms with Crippen molar-refractivity contribution in [2.75, 3.05) is 13.6 Å². The van der Waals surface area contributed by atoms with Gasteiger partial charge in [0, 0.05) is 13.0 Å². The number of likely N-dealkylation sites (N-methyl/N-ethyl adjacent to an activating group) is 1. The van der Waals surface area contributed by atoms with Gasteiger partial charge in [-0.3, -0.25) is 9.59 Å². The van der Waals surface area contributed by atoms with Gasteiger partial charge in [-0.1, -0.05) is 0 Å². The van der Waals surface area contributed by atoms with E-state index in [2.05, 4.69) is 10.6 Å². The van der Waals surface area contributed by atoms with E-state index >= 15 is 0 Å². The molecule has 0 saturated carbocycles. The zero-order chi connectivity index (χ0) is 9.56. The van der Waals surface area contributed by atoms with Crippen molar-refractivity contribution >= 4 is 11.8 Å². The van der Waals surface area contributed by atoms with Crippen molar-refractivity contribution in [3.05, 3.63) is 0 Å². The lowest BCUT2D eigenvalue weighted by Gasteiger charge is -2.09. The van der Waals surface area contributed by atoms with Crippen LogP contribution in [0.1, 0.15) is 13.3 Å². The number of nitrogens with one attached hydrogen (secondary N) is 2. The fraction of sp³-hybridized carbons (Fsp3) is 0.714. The molecule has 0 aromatic heterocycles. The topological polar surface area (TPSA) is 84.2 Å². The summed E-state index contributed by atoms with van der Waals surface area (Å²) in [6, 6.07) is -0.238. The third-order valence-corrected chi connectivity index (χ3v) is 1.50. The Balaban J connectivity index is 3.50. The molecule has 0 aliphatic carbocycles. The minimum Gasteiger partial charge on any atom is -0.370 e. The second kappa shape index (κ2) is 5.54. The number of carbonyl (C=O) groups excluding carboxylic acids is 2. The summed E-state index contributed by atoms with van der Waals surface area (Å²) >= 11 is 0. The van der Waals surface area contributed by atoms with Gasteiger partial charge in [0.15, 0.2) is 0 Å². The molecule has 2 amide bonds. The fourth-order valence-electron chi connectivity index (χ4n) is 0.593. The van der Waals surface area contributed by atoms with E-state index in [0.29, 0.717) is 6.54 Å². The first-order valence-electron chi connectivity index (χ1n) is 3.81. The van der Waals surface area contributed by atoms with Crippen molar-refractivity contribution in [3.63, 3.8) is 0 Å². The van der Waals surface area contributed by atoms with E-state index in [9.17, 15) is 9.59 Å². The van der Waals surface area contributed by atoms with Gasteiger partial charge in [-0.25, -0.2) is 0 Å². The molecule has 12 heavy (non-hydrogen) atoms. The summed E-state index contributed by atoms with van der Waals surface area (Å²) < 4.78 is 0. The van der Waals surface area contributed by atoms with Gasteiger partial charge in [0.25, 0.3) is 0 Å². The highest BCUT2D eigenvalue weighted by Gasteiger charge is 2.08. The summed E-state index contributed by atoms with van der Waals surface area (Å²) in [5.74, 6) is -0.536. The summed E-state index contributed by atoms with van der Waals surface area (Å²) in [7, 11) is 1.69. The molecule has 4 N–H and O–H groups in total. The Morgan fingerprint density at radius 3 is 2.50 bits per heavy atom. The number of nitrogens with two attached hydrogens (primary N) is 1. The summed E-state index contributed by atoms with van der Waals surface area (Å²) in [6.07, 6.45) is 0.183. The van der Waals surface area contributed by atoms with E-state index in [1.54, 1.807) is 14.0 Å². The lowest BCUT2D eigenvalue weighted by molar-refractivity contribution is -0.122. The van der Waals surface area contributed by atoms with E-state index in [0.717, 1.165) is 0 Å². The first kappa shape index (κ1) is 10.9. The Kier molecular flexibility index (Phi) is 5.03. The average Bonchev–Trinajstić information content (AvgIpc) is 2.02. The number of rotatable bonds is 5. The van der Waals surface area contributed by atoms with Crippen LogP contribution in [0.25, 0.3) is 0 Å². The van der Waals surface area contributed by atoms with Crippen LogP contribution >= 0.6 is 0 Å². The third-order valence-electron chi connectivity index (χ3n) is 1.50. The lowest BCUT2D eigenvalue weighted by atomic mass is 10.3. The summed E-state index contributed by atoms with van der Waals surface area (Å²) in [4.78, 5) is 21.3. The van der Waals surface area contributed by atoms with Crippen LogP contribution in [0.2, 0.25) is 0 Å². The zero-order valence-electron chi connectivity index (χ0n) is 7.39. The highest BCUT2D eigenvalue weighted by Crippen LogP contribution is 1.80. The smallest absolute Gasteiger partial charge is 0.236 e. The fourth-order valence-corrected chi connectivity index (χ4v) is 0.593. The maximum Gasteiger partial charge on any atom is 0.236 e. The molecule has 0 saturated heterocycles. The molecular weight excluding hydrogens is 158 g/mol. The second-order valence-electron chi connectivity index (χ2n) is 2.52. The number of hydrogen-bond donors (Lipinski definition) is 3. The number of hydrogen-bond acceptors (Lipinski definition) is 3. The van der Waals surface area contributed by atoms with E-state index < -0.39 is 5.91 Å². The Hall–Kier alpha value is -1.10. The van der Waals surface area contributed by atoms with Gasteiger partial charge in [-0.15, -0.1) is 0 Å². The van der Waals surface area contributed by atoms with Crippen LogP contribution in [0.5, 0.6) is 0 Å². The molecule has 0 aromatic rings. The Morgan fingerprint density at radius 2 is 2.08 bits per heavy atom. The molecule has 0 aliphatic heterocycles. The SMILES string of the molecule is CNC(C)C(=O)NCCC(N)=O. The minimum absolute atomic E-state index is 0.126. The van der Waals surface area contributed by atoms with Gasteiger partial charge in [0.2, 0.25) is 11.8 Å². The molecule has 0 radical (unpaired) electrons. The van der Waals surface area contributed by atoms with Gasteiger partial charge in [0.05, 0.1) is 6.04 Å². The van der Waals surface area contributed by atoms with Crippen molar-refractivity contribution in [1.82, 2.24) is 10.6 Å². The van der Waals surface area contributed by atoms with Gasteiger partial charge < -0.3 is 16.4 Å². The Labute approximate surface area is 71.7 Å². The predicted molar refractivity (Wildman–Crippen MR) is 45.3 cm³/mol. The van der Waals surface area contributed by atoms with Crippen LogP contribution in [0.3, 0.4) is 0 Å². The molecule has 1 unspecified atom stereocenters. The summed E-state index contributed by atoms with van der Waals surface area (Å²) in [5, 5.41) is 5.34. The molecule has 0 aromatic carbocycles. The van der Waals surface area contributed by atoms with E-state index in [1.165, 1.54) is 0 Å². The van der Waals surface area contributed by atoms with Crippen molar-refractivity contribution in [2.24, 2.45) is 5.73 Å². The molecule has 5 heteroatoms. The van der Waals surface area contributed by atoms with E-state index in [-0.39, 0.29) is 18.4 Å². The van der Waals surface area contributed by atoms with Crippen molar-refractivity contribution in [3.8, 4) is 0 Å². The highest BCUT2D eigenvalue weighted by molar-refractivity contribution is 5.82. The quantitative estimate of drug-likeness (QED) is 0.477. The minimum atomic E-state index is -0.410. The average molecular weight is 173 g/mol. The third kappa shape index (κ3) is 4.68. The predicted octanol–water partition coefficient (Wildman–Crippen LogP) is -1.41. The highest BCUT2D eigenvalue weighted by atomic mass is 16.2. The van der Waals surface area contributed by atoms with Crippen molar-refractivity contribution in [2.45, 2.75) is 19.4 Å². The lowest BCUT2D eigenvalue weighted by Crippen LogP contribution is -2.41. The number of amides is 2. The number of carbonyl (C=O) groups is 2. The first-order chi connectivity index (χ1) is 5.57.